The minimum atomic E-state index is 0.189. The monoisotopic (exact) mass is 324 g/mol. The molecule has 0 aromatic carbocycles. The Balaban J connectivity index is 1.35. The van der Waals surface area contributed by atoms with Crippen molar-refractivity contribution in [3.63, 3.8) is 0 Å². The van der Waals surface area contributed by atoms with Crippen LogP contribution in [0.25, 0.3) is 0 Å². The smallest absolute Gasteiger partial charge is 0.224 e. The summed E-state index contributed by atoms with van der Waals surface area (Å²) in [5.74, 6) is 1.13. The molecule has 0 aromatic heterocycles. The molecule has 1 N–H and O–H groups in total. The van der Waals surface area contributed by atoms with Crippen LogP contribution in [-0.4, -0.2) is 61.9 Å². The SMILES string of the molecule is CC1CCC(OC2CCN(C(=O)CC3COCCN3)CC2)CC1. The topological polar surface area (TPSA) is 50.8 Å². The first-order valence-electron chi connectivity index (χ1n) is 9.45. The quantitative estimate of drug-likeness (QED) is 0.859. The Labute approximate surface area is 140 Å². The number of rotatable bonds is 4. The summed E-state index contributed by atoms with van der Waals surface area (Å²) in [6.45, 7) is 6.31. The number of carbonyl (C=O) groups is 1. The predicted octanol–water partition coefficient (Wildman–Crippen LogP) is 1.95. The van der Waals surface area contributed by atoms with E-state index in [0.29, 0.717) is 25.2 Å². The zero-order valence-corrected chi connectivity index (χ0v) is 14.5. The van der Waals surface area contributed by atoms with Gasteiger partial charge in [0.2, 0.25) is 5.91 Å². The second kappa shape index (κ2) is 8.45. The Kier molecular flexibility index (Phi) is 6.31. The van der Waals surface area contributed by atoms with Crippen LogP contribution in [0.4, 0.5) is 0 Å². The van der Waals surface area contributed by atoms with E-state index in [1.165, 1.54) is 25.7 Å². The fourth-order valence-corrected chi connectivity index (χ4v) is 3.97. The highest BCUT2D eigenvalue weighted by Crippen LogP contribution is 2.28. The fourth-order valence-electron chi connectivity index (χ4n) is 3.97. The van der Waals surface area contributed by atoms with Gasteiger partial charge >= 0.3 is 0 Å². The summed E-state index contributed by atoms with van der Waals surface area (Å²) >= 11 is 0. The van der Waals surface area contributed by atoms with Crippen molar-refractivity contribution in [1.82, 2.24) is 10.2 Å². The third kappa shape index (κ3) is 5.16. The van der Waals surface area contributed by atoms with Crippen LogP contribution in [0.2, 0.25) is 0 Å². The first-order chi connectivity index (χ1) is 11.2. The summed E-state index contributed by atoms with van der Waals surface area (Å²) in [7, 11) is 0. The number of piperidine rings is 1. The number of amides is 1. The molecular weight excluding hydrogens is 292 g/mol. The second-order valence-corrected chi connectivity index (χ2v) is 7.53. The summed E-state index contributed by atoms with van der Waals surface area (Å²) in [5, 5.41) is 3.36. The zero-order valence-electron chi connectivity index (χ0n) is 14.5. The highest BCUT2D eigenvalue weighted by Gasteiger charge is 2.28. The molecule has 1 unspecified atom stereocenters. The molecule has 1 aliphatic carbocycles. The minimum Gasteiger partial charge on any atom is -0.378 e. The number of hydrogen-bond acceptors (Lipinski definition) is 4. The summed E-state index contributed by atoms with van der Waals surface area (Å²) in [6, 6.07) is 0.189. The maximum atomic E-state index is 12.4. The lowest BCUT2D eigenvalue weighted by molar-refractivity contribution is -0.136. The minimum absolute atomic E-state index is 0.189. The fraction of sp³-hybridized carbons (Fsp3) is 0.944. The van der Waals surface area contributed by atoms with Gasteiger partial charge in [-0.2, -0.15) is 0 Å². The average molecular weight is 324 g/mol. The zero-order chi connectivity index (χ0) is 16.1. The van der Waals surface area contributed by atoms with Crippen LogP contribution in [0, 0.1) is 5.92 Å². The number of nitrogens with one attached hydrogen (secondary N) is 1. The van der Waals surface area contributed by atoms with Gasteiger partial charge in [0, 0.05) is 32.1 Å². The third-order valence-electron chi connectivity index (χ3n) is 5.56. The molecule has 0 radical (unpaired) electrons. The standard InChI is InChI=1S/C18H32N2O3/c1-14-2-4-16(5-3-14)23-17-6-9-20(10-7-17)18(21)12-15-13-22-11-8-19-15/h14-17,19H,2-13H2,1H3. The largest absolute Gasteiger partial charge is 0.378 e. The van der Waals surface area contributed by atoms with E-state index >= 15 is 0 Å². The summed E-state index contributed by atoms with van der Waals surface area (Å²) in [6.07, 6.45) is 8.40. The number of hydrogen-bond donors (Lipinski definition) is 1. The molecule has 23 heavy (non-hydrogen) atoms. The molecule has 2 aliphatic heterocycles. The van der Waals surface area contributed by atoms with E-state index in [1.807, 2.05) is 4.90 Å². The van der Waals surface area contributed by atoms with Crippen molar-refractivity contribution in [2.75, 3.05) is 32.8 Å². The second-order valence-electron chi connectivity index (χ2n) is 7.53. The number of morpholine rings is 1. The lowest BCUT2D eigenvalue weighted by atomic mass is 9.88. The lowest BCUT2D eigenvalue weighted by Gasteiger charge is -2.36. The van der Waals surface area contributed by atoms with Crippen molar-refractivity contribution in [3.8, 4) is 0 Å². The lowest BCUT2D eigenvalue weighted by Crippen LogP contribution is -2.47. The normalized spacial score (nSPS) is 33.6. The molecule has 3 aliphatic rings. The predicted molar refractivity (Wildman–Crippen MR) is 89.3 cm³/mol. The van der Waals surface area contributed by atoms with Gasteiger partial charge < -0.3 is 19.7 Å². The molecule has 132 valence electrons. The molecule has 1 saturated carbocycles. The Bertz CT molecular complexity index is 368. The van der Waals surface area contributed by atoms with Crippen molar-refractivity contribution in [2.45, 2.75) is 70.1 Å². The molecule has 5 heteroatoms. The van der Waals surface area contributed by atoms with Crippen molar-refractivity contribution < 1.29 is 14.3 Å². The molecule has 0 spiro atoms. The highest BCUT2D eigenvalue weighted by atomic mass is 16.5. The van der Waals surface area contributed by atoms with E-state index in [1.54, 1.807) is 0 Å². The van der Waals surface area contributed by atoms with Gasteiger partial charge in [0.05, 0.1) is 25.4 Å². The van der Waals surface area contributed by atoms with Crippen LogP contribution in [0.15, 0.2) is 0 Å². The van der Waals surface area contributed by atoms with E-state index in [0.717, 1.165) is 45.0 Å². The van der Waals surface area contributed by atoms with E-state index in [4.69, 9.17) is 9.47 Å². The number of likely N-dealkylation sites (tertiary alicyclic amines) is 1. The van der Waals surface area contributed by atoms with Gasteiger partial charge in [0.25, 0.3) is 0 Å². The highest BCUT2D eigenvalue weighted by molar-refractivity contribution is 5.77. The van der Waals surface area contributed by atoms with Crippen molar-refractivity contribution >= 4 is 5.91 Å². The van der Waals surface area contributed by atoms with Crippen LogP contribution in [0.5, 0.6) is 0 Å². The van der Waals surface area contributed by atoms with Crippen molar-refractivity contribution in [2.24, 2.45) is 5.92 Å². The molecule has 0 bridgehead atoms. The first kappa shape index (κ1) is 17.2. The summed E-state index contributed by atoms with van der Waals surface area (Å²) in [4.78, 5) is 14.4. The molecule has 1 atom stereocenters. The van der Waals surface area contributed by atoms with Crippen LogP contribution in [0.3, 0.4) is 0 Å². The maximum absolute atomic E-state index is 12.4. The molecule has 0 aromatic rings. The van der Waals surface area contributed by atoms with E-state index in [2.05, 4.69) is 12.2 Å². The molecule has 1 amide bonds. The Morgan fingerprint density at radius 1 is 1.13 bits per heavy atom. The average Bonchev–Trinajstić information content (AvgIpc) is 2.58. The summed E-state index contributed by atoms with van der Waals surface area (Å²) < 4.78 is 11.7. The van der Waals surface area contributed by atoms with Crippen molar-refractivity contribution in [3.05, 3.63) is 0 Å². The first-order valence-corrected chi connectivity index (χ1v) is 9.45. The number of nitrogens with zero attached hydrogens (tertiary/aromatic N) is 1. The summed E-state index contributed by atoms with van der Waals surface area (Å²) in [5.41, 5.74) is 0. The van der Waals surface area contributed by atoms with Gasteiger partial charge in [0.1, 0.15) is 0 Å². The third-order valence-corrected chi connectivity index (χ3v) is 5.56. The maximum Gasteiger partial charge on any atom is 0.224 e. The Morgan fingerprint density at radius 2 is 1.83 bits per heavy atom. The molecule has 3 fully saturated rings. The van der Waals surface area contributed by atoms with Gasteiger partial charge in [0.15, 0.2) is 0 Å². The van der Waals surface area contributed by atoms with Gasteiger partial charge in [-0.3, -0.25) is 4.79 Å². The molecule has 5 nitrogen and oxygen atoms in total. The molecular formula is C18H32N2O3. The van der Waals surface area contributed by atoms with Crippen LogP contribution >= 0.6 is 0 Å². The molecule has 2 saturated heterocycles. The Hall–Kier alpha value is -0.650. The number of carbonyl (C=O) groups excluding carboxylic acids is 1. The number of ether oxygens (including phenoxy) is 2. The molecule has 3 rings (SSSR count). The van der Waals surface area contributed by atoms with Gasteiger partial charge in [-0.15, -0.1) is 0 Å². The van der Waals surface area contributed by atoms with E-state index < -0.39 is 0 Å². The molecule has 2 heterocycles. The van der Waals surface area contributed by atoms with Crippen molar-refractivity contribution in [1.29, 1.82) is 0 Å². The van der Waals surface area contributed by atoms with Crippen LogP contribution in [-0.2, 0) is 14.3 Å². The van der Waals surface area contributed by atoms with E-state index in [9.17, 15) is 4.79 Å². The van der Waals surface area contributed by atoms with Crippen LogP contribution in [0.1, 0.15) is 51.9 Å². The van der Waals surface area contributed by atoms with Crippen LogP contribution < -0.4 is 5.32 Å². The Morgan fingerprint density at radius 3 is 2.48 bits per heavy atom. The van der Waals surface area contributed by atoms with E-state index in [-0.39, 0.29) is 11.9 Å². The van der Waals surface area contributed by atoms with Gasteiger partial charge in [-0.25, -0.2) is 0 Å². The van der Waals surface area contributed by atoms with Gasteiger partial charge in [-0.05, 0) is 44.4 Å². The van der Waals surface area contributed by atoms with Gasteiger partial charge in [-0.1, -0.05) is 6.92 Å².